The van der Waals surface area contributed by atoms with Crippen LogP contribution in [0.2, 0.25) is 0 Å². The van der Waals surface area contributed by atoms with E-state index >= 15 is 0 Å². The van der Waals surface area contributed by atoms with Crippen molar-refractivity contribution in [2.24, 2.45) is 5.92 Å². The van der Waals surface area contributed by atoms with Gasteiger partial charge in [0.15, 0.2) is 6.79 Å². The number of aliphatic hydroxyl groups is 1. The van der Waals surface area contributed by atoms with Crippen LogP contribution in [0.15, 0.2) is 12.3 Å². The third kappa shape index (κ3) is 9.18. The molecule has 23 heavy (non-hydrogen) atoms. The molecule has 0 aromatic heterocycles. The standard InChI is InChI=1S/C17H29ClO5/c1-13(2)23-12-21-9-5-3-4-6-10-22-17(20)14-7-8-16(19)15(18)11-14/h14-16,19H,1,3-12H2,2H3. The first-order valence-electron chi connectivity index (χ1n) is 8.35. The smallest absolute Gasteiger partial charge is 0.308 e. The van der Waals surface area contributed by atoms with E-state index in [0.29, 0.717) is 38.2 Å². The van der Waals surface area contributed by atoms with Gasteiger partial charge in [0.1, 0.15) is 0 Å². The van der Waals surface area contributed by atoms with Crippen molar-refractivity contribution in [1.82, 2.24) is 0 Å². The predicted molar refractivity (Wildman–Crippen MR) is 89.1 cm³/mol. The summed E-state index contributed by atoms with van der Waals surface area (Å²) in [5.74, 6) is 0.310. The zero-order chi connectivity index (χ0) is 17.1. The maximum Gasteiger partial charge on any atom is 0.308 e. The number of ether oxygens (including phenoxy) is 3. The van der Waals surface area contributed by atoms with Gasteiger partial charge in [-0.1, -0.05) is 13.0 Å². The number of unbranched alkanes of at least 4 members (excludes halogenated alkanes) is 3. The lowest BCUT2D eigenvalue weighted by Crippen LogP contribution is -2.34. The number of hydrogen-bond acceptors (Lipinski definition) is 5. The van der Waals surface area contributed by atoms with Crippen LogP contribution in [0.1, 0.15) is 51.9 Å². The summed E-state index contributed by atoms with van der Waals surface area (Å²) in [6.45, 7) is 6.76. The zero-order valence-corrected chi connectivity index (χ0v) is 14.7. The van der Waals surface area contributed by atoms with E-state index in [2.05, 4.69) is 6.58 Å². The largest absolute Gasteiger partial charge is 0.473 e. The summed E-state index contributed by atoms with van der Waals surface area (Å²) in [7, 11) is 0. The lowest BCUT2D eigenvalue weighted by Gasteiger charge is -2.28. The number of alkyl halides is 1. The zero-order valence-electron chi connectivity index (χ0n) is 14.0. The second-order valence-electron chi connectivity index (χ2n) is 6.05. The minimum Gasteiger partial charge on any atom is -0.473 e. The molecule has 0 heterocycles. The monoisotopic (exact) mass is 348 g/mol. The Kier molecular flexibility index (Phi) is 10.3. The average Bonchev–Trinajstić information content (AvgIpc) is 2.51. The Morgan fingerprint density at radius 3 is 2.52 bits per heavy atom. The van der Waals surface area contributed by atoms with E-state index < -0.39 is 6.10 Å². The minimum atomic E-state index is -0.497. The molecule has 0 aromatic rings. The fourth-order valence-corrected chi connectivity index (χ4v) is 2.81. The molecule has 1 aliphatic carbocycles. The van der Waals surface area contributed by atoms with Gasteiger partial charge in [0.05, 0.1) is 36.4 Å². The van der Waals surface area contributed by atoms with Gasteiger partial charge < -0.3 is 19.3 Å². The van der Waals surface area contributed by atoms with Crippen molar-refractivity contribution < 1.29 is 24.1 Å². The van der Waals surface area contributed by atoms with Crippen LogP contribution in [0.3, 0.4) is 0 Å². The van der Waals surface area contributed by atoms with Crippen LogP contribution in [-0.4, -0.2) is 42.6 Å². The Labute approximate surface area is 143 Å². The van der Waals surface area contributed by atoms with Gasteiger partial charge in [-0.25, -0.2) is 0 Å². The van der Waals surface area contributed by atoms with Crippen LogP contribution in [-0.2, 0) is 19.0 Å². The maximum atomic E-state index is 11.9. The Balaban J connectivity index is 1.92. The van der Waals surface area contributed by atoms with Crippen LogP contribution in [0.25, 0.3) is 0 Å². The molecule has 0 bridgehead atoms. The second kappa shape index (κ2) is 11.7. The fraction of sp³-hybridized carbons (Fsp3) is 0.824. The molecule has 6 heteroatoms. The number of allylic oxidation sites excluding steroid dienone is 1. The van der Waals surface area contributed by atoms with Crippen LogP contribution < -0.4 is 0 Å². The highest BCUT2D eigenvalue weighted by Crippen LogP contribution is 2.29. The van der Waals surface area contributed by atoms with Gasteiger partial charge >= 0.3 is 5.97 Å². The van der Waals surface area contributed by atoms with Crippen molar-refractivity contribution in [2.75, 3.05) is 20.0 Å². The maximum absolute atomic E-state index is 11.9. The Bertz CT molecular complexity index is 361. The van der Waals surface area contributed by atoms with Crippen molar-refractivity contribution in [3.05, 3.63) is 12.3 Å². The first kappa shape index (κ1) is 20.3. The van der Waals surface area contributed by atoms with E-state index in [-0.39, 0.29) is 24.1 Å². The predicted octanol–water partition coefficient (Wildman–Crippen LogP) is 3.38. The van der Waals surface area contributed by atoms with E-state index in [4.69, 9.17) is 25.8 Å². The van der Waals surface area contributed by atoms with E-state index in [9.17, 15) is 9.90 Å². The molecule has 134 valence electrons. The highest BCUT2D eigenvalue weighted by Gasteiger charge is 2.32. The van der Waals surface area contributed by atoms with Crippen LogP contribution >= 0.6 is 11.6 Å². The summed E-state index contributed by atoms with van der Waals surface area (Å²) in [4.78, 5) is 11.9. The van der Waals surface area contributed by atoms with Gasteiger partial charge in [-0.15, -0.1) is 11.6 Å². The quantitative estimate of drug-likeness (QED) is 0.204. The normalized spacial score (nSPS) is 24.2. The number of esters is 1. The lowest BCUT2D eigenvalue weighted by atomic mass is 9.87. The van der Waals surface area contributed by atoms with E-state index in [1.54, 1.807) is 6.92 Å². The molecule has 1 N–H and O–H groups in total. The van der Waals surface area contributed by atoms with Crippen molar-refractivity contribution in [3.63, 3.8) is 0 Å². The third-order valence-electron chi connectivity index (χ3n) is 3.89. The van der Waals surface area contributed by atoms with E-state index in [1.165, 1.54) is 0 Å². The molecule has 3 atom stereocenters. The number of rotatable bonds is 11. The van der Waals surface area contributed by atoms with Gasteiger partial charge in [-0.3, -0.25) is 4.79 Å². The number of hydrogen-bond donors (Lipinski definition) is 1. The third-order valence-corrected chi connectivity index (χ3v) is 4.36. The molecular weight excluding hydrogens is 320 g/mol. The van der Waals surface area contributed by atoms with Crippen LogP contribution in [0.4, 0.5) is 0 Å². The Hall–Kier alpha value is -0.780. The molecule has 0 spiro atoms. The summed E-state index contributed by atoms with van der Waals surface area (Å²) >= 11 is 5.99. The summed E-state index contributed by atoms with van der Waals surface area (Å²) in [6, 6.07) is 0. The van der Waals surface area contributed by atoms with Gasteiger partial charge in [0.25, 0.3) is 0 Å². The molecule has 0 radical (unpaired) electrons. The highest BCUT2D eigenvalue weighted by atomic mass is 35.5. The van der Waals surface area contributed by atoms with Crippen LogP contribution in [0, 0.1) is 5.92 Å². The summed E-state index contributed by atoms with van der Waals surface area (Å²) < 4.78 is 15.7. The summed E-state index contributed by atoms with van der Waals surface area (Å²) in [5.41, 5.74) is 0. The van der Waals surface area contributed by atoms with Crippen LogP contribution in [0.5, 0.6) is 0 Å². The Morgan fingerprint density at radius 1 is 1.17 bits per heavy atom. The van der Waals surface area contributed by atoms with Crippen molar-refractivity contribution in [3.8, 4) is 0 Å². The molecule has 1 saturated carbocycles. The number of carbonyl (C=O) groups excluding carboxylic acids is 1. The second-order valence-corrected chi connectivity index (χ2v) is 6.61. The van der Waals surface area contributed by atoms with Crippen molar-refractivity contribution in [2.45, 2.75) is 63.4 Å². The summed E-state index contributed by atoms with van der Waals surface area (Å²) in [5, 5.41) is 9.21. The Morgan fingerprint density at radius 2 is 1.87 bits per heavy atom. The molecule has 1 rings (SSSR count). The van der Waals surface area contributed by atoms with Crippen molar-refractivity contribution >= 4 is 17.6 Å². The number of halogens is 1. The van der Waals surface area contributed by atoms with Gasteiger partial charge in [-0.2, -0.15) is 0 Å². The average molecular weight is 349 g/mol. The molecule has 5 nitrogen and oxygen atoms in total. The topological polar surface area (TPSA) is 65.0 Å². The minimum absolute atomic E-state index is 0.164. The molecular formula is C17H29ClO5. The van der Waals surface area contributed by atoms with Gasteiger partial charge in [0.2, 0.25) is 0 Å². The molecule has 1 aliphatic rings. The molecule has 3 unspecified atom stereocenters. The first-order valence-corrected chi connectivity index (χ1v) is 8.79. The molecule has 0 amide bonds. The molecule has 0 aromatic carbocycles. The number of carbonyl (C=O) groups is 1. The molecule has 0 saturated heterocycles. The molecule has 1 fully saturated rings. The molecule has 0 aliphatic heterocycles. The fourth-order valence-electron chi connectivity index (χ4n) is 2.47. The summed E-state index contributed by atoms with van der Waals surface area (Å²) in [6.07, 6.45) is 5.09. The van der Waals surface area contributed by atoms with Gasteiger partial charge in [-0.05, 0) is 45.4 Å². The van der Waals surface area contributed by atoms with E-state index in [0.717, 1.165) is 25.7 Å². The van der Waals surface area contributed by atoms with Crippen molar-refractivity contribution in [1.29, 1.82) is 0 Å². The van der Waals surface area contributed by atoms with E-state index in [1.807, 2.05) is 0 Å². The first-order chi connectivity index (χ1) is 11.0. The lowest BCUT2D eigenvalue weighted by molar-refractivity contribution is -0.150. The highest BCUT2D eigenvalue weighted by molar-refractivity contribution is 6.21. The van der Waals surface area contributed by atoms with Gasteiger partial charge in [0, 0.05) is 0 Å². The SMILES string of the molecule is C=C(C)OCOCCCCCCOC(=O)C1CCC(O)C(Cl)C1. The number of aliphatic hydroxyl groups excluding tert-OH is 1.